The molecule has 0 aromatic carbocycles. The Morgan fingerprint density at radius 1 is 1.50 bits per heavy atom. The van der Waals surface area contributed by atoms with Crippen LogP contribution in [-0.2, 0) is 4.79 Å². The van der Waals surface area contributed by atoms with E-state index in [0.717, 1.165) is 5.82 Å². The van der Waals surface area contributed by atoms with Gasteiger partial charge in [-0.05, 0) is 20.8 Å². The zero-order valence-electron chi connectivity index (χ0n) is 10.5. The van der Waals surface area contributed by atoms with Crippen LogP contribution in [0.25, 0.3) is 5.65 Å². The molecular weight excluding hydrogens is 234 g/mol. The van der Waals surface area contributed by atoms with Gasteiger partial charge in [0.1, 0.15) is 5.82 Å². The third-order valence-corrected chi connectivity index (χ3v) is 2.77. The van der Waals surface area contributed by atoms with Gasteiger partial charge in [-0.25, -0.2) is 4.98 Å². The van der Waals surface area contributed by atoms with Crippen molar-refractivity contribution in [1.29, 1.82) is 0 Å². The lowest BCUT2D eigenvalue weighted by Crippen LogP contribution is -2.32. The Balaban J connectivity index is 2.25. The summed E-state index contributed by atoms with van der Waals surface area (Å²) in [6, 6.07) is 0. The number of fused-ring (bicyclic) bond motifs is 1. The second kappa shape index (κ2) is 4.25. The fraction of sp³-hybridized carbons (Fsp3) is 0.455. The minimum atomic E-state index is -0.871. The normalized spacial score (nSPS) is 11.7. The van der Waals surface area contributed by atoms with Gasteiger partial charge < -0.3 is 10.4 Å². The second-order valence-corrected chi connectivity index (χ2v) is 4.76. The fourth-order valence-corrected chi connectivity index (χ4v) is 1.45. The number of anilines is 1. The first kappa shape index (κ1) is 12.3. The van der Waals surface area contributed by atoms with E-state index in [4.69, 9.17) is 5.11 Å². The maximum absolute atomic E-state index is 11.0. The summed E-state index contributed by atoms with van der Waals surface area (Å²) in [5.74, 6) is 0.431. The molecule has 0 atom stereocenters. The molecule has 0 aliphatic rings. The number of rotatable bonds is 4. The standard InChI is InChI=1S/C11H15N5O2/c1-7-14-15-9-8(12-4-5-16(7)9)13-6-11(2,3)10(17)18/h4-5H,6H2,1-3H3,(H,12,13)(H,17,18). The summed E-state index contributed by atoms with van der Waals surface area (Å²) in [7, 11) is 0. The molecule has 0 bridgehead atoms. The van der Waals surface area contributed by atoms with Crippen molar-refractivity contribution in [3.63, 3.8) is 0 Å². The van der Waals surface area contributed by atoms with Crippen LogP contribution in [0.1, 0.15) is 19.7 Å². The van der Waals surface area contributed by atoms with Crippen LogP contribution in [-0.4, -0.2) is 37.2 Å². The van der Waals surface area contributed by atoms with Crippen LogP contribution >= 0.6 is 0 Å². The van der Waals surface area contributed by atoms with Crippen molar-refractivity contribution < 1.29 is 9.90 Å². The number of carboxylic acid groups (broad SMARTS) is 1. The first-order valence-electron chi connectivity index (χ1n) is 5.55. The Morgan fingerprint density at radius 3 is 2.89 bits per heavy atom. The quantitative estimate of drug-likeness (QED) is 0.838. The van der Waals surface area contributed by atoms with E-state index in [1.54, 1.807) is 30.6 Å². The summed E-state index contributed by atoms with van der Waals surface area (Å²) in [6.45, 7) is 5.40. The van der Waals surface area contributed by atoms with E-state index in [2.05, 4.69) is 20.5 Å². The van der Waals surface area contributed by atoms with Crippen LogP contribution in [0.3, 0.4) is 0 Å². The molecule has 18 heavy (non-hydrogen) atoms. The van der Waals surface area contributed by atoms with Crippen molar-refractivity contribution in [2.75, 3.05) is 11.9 Å². The molecule has 0 amide bonds. The van der Waals surface area contributed by atoms with E-state index in [1.165, 1.54) is 0 Å². The van der Waals surface area contributed by atoms with Crippen LogP contribution in [0.4, 0.5) is 5.82 Å². The SMILES string of the molecule is Cc1nnc2c(NCC(C)(C)C(=O)O)nccn12. The molecule has 96 valence electrons. The van der Waals surface area contributed by atoms with E-state index in [1.807, 2.05) is 6.92 Å². The Labute approximate surface area is 104 Å². The molecule has 0 spiro atoms. The van der Waals surface area contributed by atoms with E-state index < -0.39 is 11.4 Å². The van der Waals surface area contributed by atoms with Gasteiger partial charge in [-0.2, -0.15) is 0 Å². The minimum absolute atomic E-state index is 0.265. The first-order valence-corrected chi connectivity index (χ1v) is 5.55. The molecule has 0 aliphatic heterocycles. The van der Waals surface area contributed by atoms with Gasteiger partial charge in [0.05, 0.1) is 5.41 Å². The highest BCUT2D eigenvalue weighted by atomic mass is 16.4. The van der Waals surface area contributed by atoms with Crippen LogP contribution < -0.4 is 5.32 Å². The third kappa shape index (κ3) is 2.11. The summed E-state index contributed by atoms with van der Waals surface area (Å²) < 4.78 is 1.79. The summed E-state index contributed by atoms with van der Waals surface area (Å²) in [6.07, 6.45) is 3.39. The average Bonchev–Trinajstić information content (AvgIpc) is 2.69. The lowest BCUT2D eigenvalue weighted by atomic mass is 9.94. The monoisotopic (exact) mass is 249 g/mol. The predicted octanol–water partition coefficient (Wildman–Crippen LogP) is 0.955. The smallest absolute Gasteiger partial charge is 0.310 e. The highest BCUT2D eigenvalue weighted by Gasteiger charge is 2.27. The van der Waals surface area contributed by atoms with Gasteiger partial charge in [0.2, 0.25) is 5.65 Å². The van der Waals surface area contributed by atoms with E-state index in [-0.39, 0.29) is 6.54 Å². The molecule has 0 radical (unpaired) electrons. The number of nitrogens with zero attached hydrogens (tertiary/aromatic N) is 4. The van der Waals surface area contributed by atoms with Crippen LogP contribution in [0.15, 0.2) is 12.4 Å². The van der Waals surface area contributed by atoms with E-state index >= 15 is 0 Å². The van der Waals surface area contributed by atoms with Crippen LogP contribution in [0.2, 0.25) is 0 Å². The second-order valence-electron chi connectivity index (χ2n) is 4.76. The highest BCUT2D eigenvalue weighted by Crippen LogP contribution is 2.18. The fourth-order valence-electron chi connectivity index (χ4n) is 1.45. The maximum Gasteiger partial charge on any atom is 0.310 e. The van der Waals surface area contributed by atoms with Crippen molar-refractivity contribution in [1.82, 2.24) is 19.6 Å². The molecule has 0 unspecified atom stereocenters. The molecule has 0 saturated carbocycles. The lowest BCUT2D eigenvalue weighted by molar-refractivity contribution is -0.146. The molecule has 0 aliphatic carbocycles. The largest absolute Gasteiger partial charge is 0.481 e. The Kier molecular flexibility index (Phi) is 2.90. The Morgan fingerprint density at radius 2 is 2.22 bits per heavy atom. The number of hydrogen-bond acceptors (Lipinski definition) is 5. The highest BCUT2D eigenvalue weighted by molar-refractivity contribution is 5.75. The molecular formula is C11H15N5O2. The Bertz CT molecular complexity index is 590. The van der Waals surface area contributed by atoms with E-state index in [0.29, 0.717) is 11.5 Å². The number of carbonyl (C=O) groups is 1. The lowest BCUT2D eigenvalue weighted by Gasteiger charge is -2.19. The molecule has 2 aromatic heterocycles. The van der Waals surface area contributed by atoms with Crippen LogP contribution in [0, 0.1) is 12.3 Å². The van der Waals surface area contributed by atoms with Gasteiger partial charge in [0.25, 0.3) is 0 Å². The minimum Gasteiger partial charge on any atom is -0.481 e. The summed E-state index contributed by atoms with van der Waals surface area (Å²) in [5.41, 5.74) is -0.278. The molecule has 7 heteroatoms. The van der Waals surface area contributed by atoms with Crippen LogP contribution in [0.5, 0.6) is 0 Å². The molecule has 2 N–H and O–H groups in total. The van der Waals surface area contributed by atoms with Gasteiger partial charge in [-0.1, -0.05) is 0 Å². The molecule has 7 nitrogen and oxygen atoms in total. The average molecular weight is 249 g/mol. The maximum atomic E-state index is 11.0. The molecule has 0 fully saturated rings. The van der Waals surface area contributed by atoms with Gasteiger partial charge in [-0.3, -0.25) is 9.20 Å². The van der Waals surface area contributed by atoms with Crippen molar-refractivity contribution in [2.45, 2.75) is 20.8 Å². The number of aromatic nitrogens is 4. The van der Waals surface area contributed by atoms with Gasteiger partial charge in [0, 0.05) is 18.9 Å². The number of aryl methyl sites for hydroxylation is 1. The molecule has 2 aromatic rings. The van der Waals surface area contributed by atoms with Gasteiger partial charge in [0.15, 0.2) is 5.82 Å². The number of hydrogen-bond donors (Lipinski definition) is 2. The number of nitrogens with one attached hydrogen (secondary N) is 1. The molecule has 2 rings (SSSR count). The molecule has 2 heterocycles. The zero-order valence-corrected chi connectivity index (χ0v) is 10.5. The van der Waals surface area contributed by atoms with Gasteiger partial charge >= 0.3 is 5.97 Å². The summed E-state index contributed by atoms with van der Waals surface area (Å²) in [4.78, 5) is 15.2. The first-order chi connectivity index (χ1) is 8.42. The van der Waals surface area contributed by atoms with Crippen molar-refractivity contribution >= 4 is 17.4 Å². The Hall–Kier alpha value is -2.18. The number of carboxylic acids is 1. The summed E-state index contributed by atoms with van der Waals surface area (Å²) >= 11 is 0. The van der Waals surface area contributed by atoms with Crippen molar-refractivity contribution in [3.8, 4) is 0 Å². The van der Waals surface area contributed by atoms with Gasteiger partial charge in [-0.15, -0.1) is 10.2 Å². The van der Waals surface area contributed by atoms with E-state index in [9.17, 15) is 4.79 Å². The third-order valence-electron chi connectivity index (χ3n) is 2.77. The topological polar surface area (TPSA) is 92.4 Å². The number of aliphatic carboxylic acids is 1. The van der Waals surface area contributed by atoms with Crippen molar-refractivity contribution in [2.24, 2.45) is 5.41 Å². The zero-order chi connectivity index (χ0) is 13.3. The summed E-state index contributed by atoms with van der Waals surface area (Å²) in [5, 5.41) is 20.0. The van der Waals surface area contributed by atoms with Crippen molar-refractivity contribution in [3.05, 3.63) is 18.2 Å². The predicted molar refractivity (Wildman–Crippen MR) is 65.4 cm³/mol. The molecule has 0 saturated heterocycles.